The van der Waals surface area contributed by atoms with Crippen molar-refractivity contribution in [1.29, 1.82) is 0 Å². The first-order chi connectivity index (χ1) is 11.6. The van der Waals surface area contributed by atoms with E-state index in [1.54, 1.807) is 6.08 Å². The first-order valence-corrected chi connectivity index (χ1v) is 8.35. The molecule has 2 aliphatic heterocycles. The highest BCUT2D eigenvalue weighted by atomic mass is 16.5. The number of carbonyl (C=O) groups excluding carboxylic acids is 2. The van der Waals surface area contributed by atoms with Crippen LogP contribution in [0.3, 0.4) is 0 Å². The second-order valence-electron chi connectivity index (χ2n) is 6.22. The number of ether oxygens (including phenoxy) is 1. The van der Waals surface area contributed by atoms with Crippen molar-refractivity contribution in [3.05, 3.63) is 35.4 Å². The van der Waals surface area contributed by atoms with E-state index in [2.05, 4.69) is 6.07 Å². The van der Waals surface area contributed by atoms with E-state index in [1.807, 2.05) is 28.0 Å². The van der Waals surface area contributed by atoms with Gasteiger partial charge in [-0.15, -0.1) is 0 Å². The molecule has 2 N–H and O–H groups in total. The molecule has 0 bridgehead atoms. The lowest BCUT2D eigenvalue weighted by molar-refractivity contribution is -0.125. The third-order valence-corrected chi connectivity index (χ3v) is 4.41. The Balaban J connectivity index is 1.57. The number of nitrogens with two attached hydrogens (primary N) is 1. The molecule has 3 rings (SSSR count). The molecule has 0 radical (unpaired) electrons. The Hall–Kier alpha value is -2.34. The van der Waals surface area contributed by atoms with E-state index in [9.17, 15) is 9.59 Å². The Bertz CT molecular complexity index is 657. The summed E-state index contributed by atoms with van der Waals surface area (Å²) in [6, 6.07) is 5.99. The van der Waals surface area contributed by atoms with Gasteiger partial charge < -0.3 is 15.4 Å². The van der Waals surface area contributed by atoms with Crippen LogP contribution in [0.5, 0.6) is 5.75 Å². The molecule has 0 atom stereocenters. The second-order valence-corrected chi connectivity index (χ2v) is 6.22. The van der Waals surface area contributed by atoms with Crippen molar-refractivity contribution in [2.75, 3.05) is 39.3 Å². The largest absolute Gasteiger partial charge is 0.493 e. The summed E-state index contributed by atoms with van der Waals surface area (Å²) in [5.41, 5.74) is 7.45. The molecular formula is C18H23N3O3. The van der Waals surface area contributed by atoms with Gasteiger partial charge in [0.2, 0.25) is 11.8 Å². The molecule has 1 fully saturated rings. The Morgan fingerprint density at radius 3 is 2.92 bits per heavy atom. The molecule has 6 nitrogen and oxygen atoms in total. The minimum Gasteiger partial charge on any atom is -0.493 e. The summed E-state index contributed by atoms with van der Waals surface area (Å²) < 4.78 is 5.49. The molecule has 24 heavy (non-hydrogen) atoms. The summed E-state index contributed by atoms with van der Waals surface area (Å²) in [6.07, 6.45) is 5.25. The monoisotopic (exact) mass is 329 g/mol. The van der Waals surface area contributed by atoms with Gasteiger partial charge in [0.1, 0.15) is 5.75 Å². The van der Waals surface area contributed by atoms with Gasteiger partial charge in [0.15, 0.2) is 0 Å². The minimum absolute atomic E-state index is 0.00711. The fraction of sp³-hybridized carbons (Fsp3) is 0.444. The van der Waals surface area contributed by atoms with Gasteiger partial charge >= 0.3 is 0 Å². The van der Waals surface area contributed by atoms with Crippen molar-refractivity contribution < 1.29 is 14.3 Å². The maximum absolute atomic E-state index is 12.4. The molecule has 0 aromatic heterocycles. The molecule has 2 amide bonds. The van der Waals surface area contributed by atoms with E-state index in [1.165, 1.54) is 5.56 Å². The maximum atomic E-state index is 12.4. The molecule has 0 spiro atoms. The quantitative estimate of drug-likeness (QED) is 0.823. The van der Waals surface area contributed by atoms with Gasteiger partial charge in [-0.25, -0.2) is 0 Å². The number of rotatable bonds is 4. The summed E-state index contributed by atoms with van der Waals surface area (Å²) in [4.78, 5) is 27.2. The highest BCUT2D eigenvalue weighted by Gasteiger charge is 2.18. The van der Waals surface area contributed by atoms with Crippen LogP contribution in [0.1, 0.15) is 17.5 Å². The average Bonchev–Trinajstić information content (AvgIpc) is 2.90. The minimum atomic E-state index is -0.324. The van der Waals surface area contributed by atoms with E-state index in [0.29, 0.717) is 19.6 Å². The molecule has 2 heterocycles. The van der Waals surface area contributed by atoms with E-state index in [-0.39, 0.29) is 18.4 Å². The predicted octanol–water partition coefficient (Wildman–Crippen LogP) is 0.654. The Morgan fingerprint density at radius 1 is 1.21 bits per heavy atom. The number of hydrogen-bond acceptors (Lipinski definition) is 4. The predicted molar refractivity (Wildman–Crippen MR) is 91.5 cm³/mol. The molecule has 2 aliphatic rings. The SMILES string of the molecule is NC(=O)CN1CCCN(C(=O)/C=C/c2ccc3c(c2)CCO3)CC1. The van der Waals surface area contributed by atoms with Crippen LogP contribution in [0.2, 0.25) is 0 Å². The number of fused-ring (bicyclic) bond motifs is 1. The molecule has 0 unspecified atom stereocenters. The Morgan fingerprint density at radius 2 is 2.08 bits per heavy atom. The third-order valence-electron chi connectivity index (χ3n) is 4.41. The summed E-state index contributed by atoms with van der Waals surface area (Å²) in [6.45, 7) is 3.79. The molecule has 1 saturated heterocycles. The van der Waals surface area contributed by atoms with Gasteiger partial charge in [0, 0.05) is 38.7 Å². The fourth-order valence-electron chi connectivity index (χ4n) is 3.15. The normalized spacial score (nSPS) is 18.2. The van der Waals surface area contributed by atoms with Crippen molar-refractivity contribution in [1.82, 2.24) is 9.80 Å². The van der Waals surface area contributed by atoms with Crippen molar-refractivity contribution in [2.45, 2.75) is 12.8 Å². The molecular weight excluding hydrogens is 306 g/mol. The lowest BCUT2D eigenvalue weighted by Gasteiger charge is -2.19. The van der Waals surface area contributed by atoms with Gasteiger partial charge in [-0.2, -0.15) is 0 Å². The molecule has 1 aromatic carbocycles. The van der Waals surface area contributed by atoms with Crippen LogP contribution in [0.15, 0.2) is 24.3 Å². The van der Waals surface area contributed by atoms with E-state index in [0.717, 1.165) is 37.3 Å². The molecule has 0 saturated carbocycles. The standard InChI is InChI=1S/C18H23N3O3/c19-17(22)13-20-7-1-8-21(10-9-20)18(23)5-3-14-2-4-16-15(12-14)6-11-24-16/h2-5,12H,1,6-11,13H2,(H2,19,22)/b5-3+. The van der Waals surface area contributed by atoms with Crippen LogP contribution in [-0.4, -0.2) is 60.9 Å². The van der Waals surface area contributed by atoms with Gasteiger partial charge in [0.05, 0.1) is 13.2 Å². The van der Waals surface area contributed by atoms with Gasteiger partial charge in [-0.3, -0.25) is 14.5 Å². The summed E-state index contributed by atoms with van der Waals surface area (Å²) >= 11 is 0. The number of hydrogen-bond donors (Lipinski definition) is 1. The van der Waals surface area contributed by atoms with Crippen LogP contribution < -0.4 is 10.5 Å². The lowest BCUT2D eigenvalue weighted by Crippen LogP contribution is -2.37. The van der Waals surface area contributed by atoms with Crippen molar-refractivity contribution in [3.8, 4) is 5.75 Å². The Labute approximate surface area is 141 Å². The van der Waals surface area contributed by atoms with Crippen LogP contribution in [-0.2, 0) is 16.0 Å². The van der Waals surface area contributed by atoms with Crippen molar-refractivity contribution in [2.24, 2.45) is 5.73 Å². The van der Waals surface area contributed by atoms with Gasteiger partial charge in [-0.05, 0) is 35.8 Å². The number of carbonyl (C=O) groups is 2. The number of benzene rings is 1. The Kier molecular flexibility index (Phi) is 5.15. The summed E-state index contributed by atoms with van der Waals surface area (Å²) in [5.74, 6) is 0.628. The second kappa shape index (κ2) is 7.49. The molecule has 128 valence electrons. The van der Waals surface area contributed by atoms with Gasteiger partial charge in [0.25, 0.3) is 0 Å². The molecule has 0 aliphatic carbocycles. The third kappa shape index (κ3) is 4.14. The van der Waals surface area contributed by atoms with E-state index < -0.39 is 0 Å². The summed E-state index contributed by atoms with van der Waals surface area (Å²) in [5, 5.41) is 0. The van der Waals surface area contributed by atoms with Gasteiger partial charge in [-0.1, -0.05) is 6.07 Å². The zero-order valence-corrected chi connectivity index (χ0v) is 13.7. The smallest absolute Gasteiger partial charge is 0.246 e. The van der Waals surface area contributed by atoms with Crippen LogP contribution in [0.4, 0.5) is 0 Å². The molecule has 6 heteroatoms. The van der Waals surface area contributed by atoms with E-state index in [4.69, 9.17) is 10.5 Å². The van der Waals surface area contributed by atoms with Crippen molar-refractivity contribution >= 4 is 17.9 Å². The maximum Gasteiger partial charge on any atom is 0.246 e. The fourth-order valence-corrected chi connectivity index (χ4v) is 3.15. The van der Waals surface area contributed by atoms with Crippen molar-refractivity contribution in [3.63, 3.8) is 0 Å². The summed E-state index contributed by atoms with van der Waals surface area (Å²) in [7, 11) is 0. The zero-order valence-electron chi connectivity index (χ0n) is 13.7. The first-order valence-electron chi connectivity index (χ1n) is 8.35. The van der Waals surface area contributed by atoms with E-state index >= 15 is 0 Å². The topological polar surface area (TPSA) is 75.9 Å². The highest BCUT2D eigenvalue weighted by Crippen LogP contribution is 2.26. The number of nitrogens with zero attached hydrogens (tertiary/aromatic N) is 2. The number of amides is 2. The molecule has 1 aromatic rings. The highest BCUT2D eigenvalue weighted by molar-refractivity contribution is 5.91. The van der Waals surface area contributed by atoms with Crippen LogP contribution in [0, 0.1) is 0 Å². The zero-order chi connectivity index (χ0) is 16.9. The lowest BCUT2D eigenvalue weighted by atomic mass is 10.1. The van der Waals surface area contributed by atoms with Crippen LogP contribution >= 0.6 is 0 Å². The number of primary amides is 1. The first kappa shape index (κ1) is 16.5. The van der Waals surface area contributed by atoms with Crippen LogP contribution in [0.25, 0.3) is 6.08 Å². The average molecular weight is 329 g/mol.